The lowest BCUT2D eigenvalue weighted by Crippen LogP contribution is -2.05. The summed E-state index contributed by atoms with van der Waals surface area (Å²) in [5.74, 6) is 0. The third-order valence-corrected chi connectivity index (χ3v) is 2.69. The van der Waals surface area contributed by atoms with Crippen molar-refractivity contribution in [1.29, 1.82) is 0 Å². The van der Waals surface area contributed by atoms with Crippen molar-refractivity contribution in [2.45, 2.75) is 25.9 Å². The van der Waals surface area contributed by atoms with Crippen LogP contribution in [0.4, 0.5) is 0 Å². The van der Waals surface area contributed by atoms with Crippen LogP contribution >= 0.6 is 22.9 Å². The Labute approximate surface area is 80.7 Å². The molecule has 3 nitrogen and oxygen atoms in total. The predicted octanol–water partition coefficient (Wildman–Crippen LogP) is 2.16. The number of aryl methyl sites for hydroxylation is 1. The SMILES string of the molecule is COC(C)CCc1nnc(Cl)s1. The highest BCUT2D eigenvalue weighted by Crippen LogP contribution is 2.16. The van der Waals surface area contributed by atoms with Gasteiger partial charge in [0, 0.05) is 13.5 Å². The van der Waals surface area contributed by atoms with Crippen molar-refractivity contribution >= 4 is 22.9 Å². The average molecular weight is 207 g/mol. The zero-order chi connectivity index (χ0) is 8.97. The van der Waals surface area contributed by atoms with Crippen molar-refractivity contribution in [3.63, 3.8) is 0 Å². The van der Waals surface area contributed by atoms with E-state index in [-0.39, 0.29) is 6.10 Å². The largest absolute Gasteiger partial charge is 0.382 e. The van der Waals surface area contributed by atoms with Gasteiger partial charge in [-0.2, -0.15) is 0 Å². The van der Waals surface area contributed by atoms with E-state index in [2.05, 4.69) is 10.2 Å². The summed E-state index contributed by atoms with van der Waals surface area (Å²) >= 11 is 7.05. The molecule has 1 heterocycles. The summed E-state index contributed by atoms with van der Waals surface area (Å²) in [6.07, 6.45) is 2.12. The smallest absolute Gasteiger partial charge is 0.207 e. The highest BCUT2D eigenvalue weighted by molar-refractivity contribution is 7.15. The molecule has 1 rings (SSSR count). The fraction of sp³-hybridized carbons (Fsp3) is 0.714. The molecule has 0 aliphatic rings. The van der Waals surface area contributed by atoms with Gasteiger partial charge in [0.1, 0.15) is 5.01 Å². The van der Waals surface area contributed by atoms with Gasteiger partial charge in [0.2, 0.25) is 4.47 Å². The Balaban J connectivity index is 2.33. The van der Waals surface area contributed by atoms with E-state index in [9.17, 15) is 0 Å². The van der Waals surface area contributed by atoms with E-state index in [1.165, 1.54) is 11.3 Å². The van der Waals surface area contributed by atoms with Gasteiger partial charge in [0.05, 0.1) is 6.10 Å². The molecule has 1 unspecified atom stereocenters. The molecule has 12 heavy (non-hydrogen) atoms. The molecule has 0 fully saturated rings. The van der Waals surface area contributed by atoms with E-state index in [4.69, 9.17) is 16.3 Å². The van der Waals surface area contributed by atoms with Crippen LogP contribution < -0.4 is 0 Å². The fourth-order valence-electron chi connectivity index (χ4n) is 0.779. The van der Waals surface area contributed by atoms with Gasteiger partial charge in [0.25, 0.3) is 0 Å². The second-order valence-electron chi connectivity index (χ2n) is 2.53. The number of halogens is 1. The Morgan fingerprint density at radius 1 is 1.58 bits per heavy atom. The topological polar surface area (TPSA) is 35.0 Å². The van der Waals surface area contributed by atoms with E-state index in [0.29, 0.717) is 4.47 Å². The molecule has 68 valence electrons. The molecule has 0 bridgehead atoms. The van der Waals surface area contributed by atoms with Crippen molar-refractivity contribution in [2.24, 2.45) is 0 Å². The van der Waals surface area contributed by atoms with Crippen LogP contribution in [0.3, 0.4) is 0 Å². The summed E-state index contributed by atoms with van der Waals surface area (Å²) in [5, 5.41) is 8.59. The molecule has 5 heteroatoms. The Morgan fingerprint density at radius 2 is 2.33 bits per heavy atom. The molecule has 0 saturated carbocycles. The van der Waals surface area contributed by atoms with Crippen molar-refractivity contribution < 1.29 is 4.74 Å². The first-order valence-corrected chi connectivity index (χ1v) is 4.92. The zero-order valence-corrected chi connectivity index (χ0v) is 8.65. The minimum atomic E-state index is 0.271. The van der Waals surface area contributed by atoms with Gasteiger partial charge in [-0.05, 0) is 24.9 Å². The van der Waals surface area contributed by atoms with Gasteiger partial charge in [-0.3, -0.25) is 0 Å². The van der Waals surface area contributed by atoms with Crippen molar-refractivity contribution in [2.75, 3.05) is 7.11 Å². The second kappa shape index (κ2) is 4.74. The van der Waals surface area contributed by atoms with Crippen LogP contribution in [0.5, 0.6) is 0 Å². The first-order valence-electron chi connectivity index (χ1n) is 3.73. The van der Waals surface area contributed by atoms with Crippen molar-refractivity contribution in [3.8, 4) is 0 Å². The number of methoxy groups -OCH3 is 1. The summed E-state index contributed by atoms with van der Waals surface area (Å²) in [6.45, 7) is 2.03. The standard InChI is InChI=1S/C7H11ClN2OS/c1-5(11-2)3-4-6-9-10-7(8)12-6/h5H,3-4H2,1-2H3. The van der Waals surface area contributed by atoms with Crippen LogP contribution in [0, 0.1) is 0 Å². The van der Waals surface area contributed by atoms with Crippen molar-refractivity contribution in [3.05, 3.63) is 9.47 Å². The number of hydrogen-bond donors (Lipinski definition) is 0. The zero-order valence-electron chi connectivity index (χ0n) is 7.08. The number of rotatable bonds is 4. The Hall–Kier alpha value is -0.190. The second-order valence-corrected chi connectivity index (χ2v) is 4.18. The van der Waals surface area contributed by atoms with Crippen LogP contribution in [-0.2, 0) is 11.2 Å². The number of ether oxygens (including phenoxy) is 1. The van der Waals surface area contributed by atoms with Crippen LogP contribution in [0.2, 0.25) is 4.47 Å². The molecule has 1 atom stereocenters. The first-order chi connectivity index (χ1) is 5.72. The lowest BCUT2D eigenvalue weighted by molar-refractivity contribution is 0.111. The van der Waals surface area contributed by atoms with Crippen LogP contribution in [-0.4, -0.2) is 23.4 Å². The molecular weight excluding hydrogens is 196 g/mol. The summed E-state index contributed by atoms with van der Waals surface area (Å²) in [4.78, 5) is 0. The highest BCUT2D eigenvalue weighted by atomic mass is 35.5. The minimum Gasteiger partial charge on any atom is -0.382 e. The summed E-state index contributed by atoms with van der Waals surface area (Å²) < 4.78 is 5.61. The normalized spacial score (nSPS) is 13.2. The van der Waals surface area contributed by atoms with E-state index in [1.54, 1.807) is 7.11 Å². The monoisotopic (exact) mass is 206 g/mol. The molecule has 0 aliphatic carbocycles. The molecule has 1 aromatic heterocycles. The number of aromatic nitrogens is 2. The first kappa shape index (κ1) is 9.89. The predicted molar refractivity (Wildman–Crippen MR) is 49.7 cm³/mol. The van der Waals surface area contributed by atoms with Gasteiger partial charge in [-0.15, -0.1) is 10.2 Å². The van der Waals surface area contributed by atoms with Gasteiger partial charge in [-0.1, -0.05) is 11.3 Å². The number of hydrogen-bond acceptors (Lipinski definition) is 4. The molecule has 0 aromatic carbocycles. The summed E-state index contributed by atoms with van der Waals surface area (Å²) in [7, 11) is 1.71. The maximum Gasteiger partial charge on any atom is 0.207 e. The molecule has 0 amide bonds. The highest BCUT2D eigenvalue weighted by Gasteiger charge is 2.04. The molecule has 0 aliphatic heterocycles. The fourth-order valence-corrected chi connectivity index (χ4v) is 1.66. The molecule has 1 aromatic rings. The van der Waals surface area contributed by atoms with Gasteiger partial charge < -0.3 is 4.74 Å². The van der Waals surface area contributed by atoms with Crippen LogP contribution in [0.1, 0.15) is 18.4 Å². The lowest BCUT2D eigenvalue weighted by Gasteiger charge is -2.05. The van der Waals surface area contributed by atoms with Gasteiger partial charge in [-0.25, -0.2) is 0 Å². The van der Waals surface area contributed by atoms with Crippen LogP contribution in [0.25, 0.3) is 0 Å². The molecular formula is C7H11ClN2OS. The third-order valence-electron chi connectivity index (χ3n) is 1.61. The number of nitrogens with zero attached hydrogens (tertiary/aromatic N) is 2. The van der Waals surface area contributed by atoms with Crippen LogP contribution in [0.15, 0.2) is 0 Å². The quantitative estimate of drug-likeness (QED) is 0.758. The Bertz CT molecular complexity index is 241. The summed E-state index contributed by atoms with van der Waals surface area (Å²) in [5.41, 5.74) is 0. The minimum absolute atomic E-state index is 0.271. The Morgan fingerprint density at radius 3 is 2.83 bits per heavy atom. The maximum atomic E-state index is 5.62. The van der Waals surface area contributed by atoms with E-state index >= 15 is 0 Å². The lowest BCUT2D eigenvalue weighted by atomic mass is 10.2. The van der Waals surface area contributed by atoms with E-state index < -0.39 is 0 Å². The maximum absolute atomic E-state index is 5.62. The molecule has 0 saturated heterocycles. The Kier molecular flexibility index (Phi) is 3.91. The average Bonchev–Trinajstić information content (AvgIpc) is 2.47. The van der Waals surface area contributed by atoms with Crippen molar-refractivity contribution in [1.82, 2.24) is 10.2 Å². The van der Waals surface area contributed by atoms with E-state index in [1.807, 2.05) is 6.92 Å². The molecule has 0 N–H and O–H groups in total. The third kappa shape index (κ3) is 3.05. The summed E-state index contributed by atoms with van der Waals surface area (Å²) in [6, 6.07) is 0. The molecule has 0 radical (unpaired) electrons. The van der Waals surface area contributed by atoms with E-state index in [0.717, 1.165) is 17.8 Å². The molecule has 0 spiro atoms. The van der Waals surface area contributed by atoms with Gasteiger partial charge >= 0.3 is 0 Å². The van der Waals surface area contributed by atoms with Gasteiger partial charge in [0.15, 0.2) is 0 Å².